The predicted octanol–water partition coefficient (Wildman–Crippen LogP) is 2.70. The van der Waals surface area contributed by atoms with Gasteiger partial charge in [0.05, 0.1) is 6.61 Å². The van der Waals surface area contributed by atoms with Gasteiger partial charge in [-0.3, -0.25) is 0 Å². The molecule has 0 unspecified atom stereocenters. The molecule has 1 aromatic rings. The summed E-state index contributed by atoms with van der Waals surface area (Å²) in [5.74, 6) is -1.62. The molecule has 0 amide bonds. The van der Waals surface area contributed by atoms with E-state index in [1.807, 2.05) is 0 Å². The van der Waals surface area contributed by atoms with Crippen molar-refractivity contribution in [2.45, 2.75) is 39.5 Å². The van der Waals surface area contributed by atoms with E-state index < -0.39 is 11.9 Å². The van der Waals surface area contributed by atoms with Gasteiger partial charge in [0.1, 0.15) is 12.4 Å². The van der Waals surface area contributed by atoms with Crippen LogP contribution in [0.4, 0.5) is 0 Å². The molecule has 7 heteroatoms. The molecule has 26 heavy (non-hydrogen) atoms. The number of carboxylic acids is 2. The summed E-state index contributed by atoms with van der Waals surface area (Å²) >= 11 is 0. The van der Waals surface area contributed by atoms with Crippen LogP contribution in [0.25, 0.3) is 0 Å². The van der Waals surface area contributed by atoms with Crippen molar-refractivity contribution < 1.29 is 29.3 Å². The molecule has 0 aliphatic rings. The highest BCUT2D eigenvalue weighted by atomic mass is 16.5. The number of rotatable bonds is 9. The van der Waals surface area contributed by atoms with Crippen molar-refractivity contribution in [3.05, 3.63) is 29.3 Å². The zero-order valence-corrected chi connectivity index (χ0v) is 16.2. The smallest absolute Gasteiger partial charge is 0.414 e. The van der Waals surface area contributed by atoms with Crippen molar-refractivity contribution in [1.82, 2.24) is 5.32 Å². The van der Waals surface area contributed by atoms with Crippen LogP contribution in [0.2, 0.25) is 0 Å². The first-order chi connectivity index (χ1) is 12.2. The average Bonchev–Trinajstić information content (AvgIpc) is 2.58. The molecule has 0 bridgehead atoms. The lowest BCUT2D eigenvalue weighted by molar-refractivity contribution is -0.159. The van der Waals surface area contributed by atoms with Gasteiger partial charge in [0.15, 0.2) is 0 Å². The Balaban J connectivity index is 0.000000896. The lowest BCUT2D eigenvalue weighted by Gasteiger charge is -2.20. The summed E-state index contributed by atoms with van der Waals surface area (Å²) in [7, 11) is 1.71. The zero-order valence-electron chi connectivity index (χ0n) is 16.2. The second-order valence-corrected chi connectivity index (χ2v) is 6.28. The molecular weight excluding hydrogens is 338 g/mol. The molecule has 148 valence electrons. The Morgan fingerprint density at radius 3 is 1.81 bits per heavy atom. The van der Waals surface area contributed by atoms with Crippen LogP contribution in [-0.2, 0) is 14.3 Å². The molecule has 0 heterocycles. The Hall–Kier alpha value is -2.12. The Morgan fingerprint density at radius 1 is 0.962 bits per heavy atom. The van der Waals surface area contributed by atoms with Crippen LogP contribution in [0.1, 0.15) is 50.7 Å². The predicted molar refractivity (Wildman–Crippen MR) is 100 cm³/mol. The minimum absolute atomic E-state index is 0.477. The summed E-state index contributed by atoms with van der Waals surface area (Å²) in [6.45, 7) is 12.0. The molecule has 0 spiro atoms. The fraction of sp³-hybridized carbons (Fsp3) is 0.579. The monoisotopic (exact) mass is 369 g/mol. The lowest BCUT2D eigenvalue weighted by atomic mass is 9.94. The summed E-state index contributed by atoms with van der Waals surface area (Å²) in [5, 5.41) is 18.1. The maximum atomic E-state index is 9.10. The summed E-state index contributed by atoms with van der Waals surface area (Å²) in [5.41, 5.74) is 2.60. The molecule has 0 aromatic heterocycles. The number of nitrogens with one attached hydrogen (secondary N) is 1. The van der Waals surface area contributed by atoms with Crippen LogP contribution < -0.4 is 10.1 Å². The second kappa shape index (κ2) is 13.1. The van der Waals surface area contributed by atoms with Gasteiger partial charge in [-0.2, -0.15) is 0 Å². The van der Waals surface area contributed by atoms with Crippen molar-refractivity contribution in [3.63, 3.8) is 0 Å². The van der Waals surface area contributed by atoms with Gasteiger partial charge in [0.2, 0.25) is 0 Å². The van der Waals surface area contributed by atoms with E-state index in [0.29, 0.717) is 18.4 Å². The highest BCUT2D eigenvalue weighted by Gasteiger charge is 2.14. The number of carboxylic acid groups (broad SMARTS) is 2. The Kier molecular flexibility index (Phi) is 12.1. The third-order valence-corrected chi connectivity index (χ3v) is 3.51. The van der Waals surface area contributed by atoms with Crippen LogP contribution in [0, 0.1) is 0 Å². The van der Waals surface area contributed by atoms with E-state index in [1.54, 1.807) is 7.11 Å². The van der Waals surface area contributed by atoms with Crippen molar-refractivity contribution >= 4 is 11.9 Å². The van der Waals surface area contributed by atoms with Gasteiger partial charge in [-0.1, -0.05) is 45.9 Å². The van der Waals surface area contributed by atoms with E-state index in [2.05, 4.69) is 51.2 Å². The molecule has 0 aliphatic heterocycles. The molecule has 0 atom stereocenters. The first-order valence-corrected chi connectivity index (χ1v) is 8.63. The van der Waals surface area contributed by atoms with Crippen LogP contribution in [0.3, 0.4) is 0 Å². The highest BCUT2D eigenvalue weighted by molar-refractivity contribution is 6.27. The number of ether oxygens (including phenoxy) is 2. The molecule has 3 N–H and O–H groups in total. The van der Waals surface area contributed by atoms with E-state index in [-0.39, 0.29) is 0 Å². The number of carbonyl (C=O) groups is 2. The molecule has 0 aliphatic carbocycles. The summed E-state index contributed by atoms with van der Waals surface area (Å²) in [4.78, 5) is 18.2. The minimum Gasteiger partial charge on any atom is -0.492 e. The van der Waals surface area contributed by atoms with Crippen molar-refractivity contribution in [2.24, 2.45) is 0 Å². The van der Waals surface area contributed by atoms with Gasteiger partial charge in [-0.15, -0.1) is 0 Å². The maximum absolute atomic E-state index is 9.10. The standard InChI is InChI=1S/C17H29NO2.C2H2O4/c1-13(2)15-7-6-8-16(14(3)4)17(15)20-12-10-18-9-11-19-5;3-1(4)2(5)6/h6-8,13-14,18H,9-12H2,1-5H3;(H,3,4)(H,5,6). The lowest BCUT2D eigenvalue weighted by Crippen LogP contribution is -2.25. The number of hydrogen-bond acceptors (Lipinski definition) is 5. The molecule has 0 fully saturated rings. The third-order valence-electron chi connectivity index (χ3n) is 3.51. The van der Waals surface area contributed by atoms with E-state index in [9.17, 15) is 0 Å². The van der Waals surface area contributed by atoms with E-state index in [4.69, 9.17) is 29.3 Å². The molecule has 0 radical (unpaired) electrons. The Bertz CT molecular complexity index is 519. The van der Waals surface area contributed by atoms with Crippen LogP contribution in [0.5, 0.6) is 5.75 Å². The van der Waals surface area contributed by atoms with Gasteiger partial charge in [-0.25, -0.2) is 9.59 Å². The fourth-order valence-electron chi connectivity index (χ4n) is 2.17. The van der Waals surface area contributed by atoms with Crippen LogP contribution in [-0.4, -0.2) is 55.6 Å². The van der Waals surface area contributed by atoms with Gasteiger partial charge >= 0.3 is 11.9 Å². The minimum atomic E-state index is -1.82. The fourth-order valence-corrected chi connectivity index (χ4v) is 2.17. The van der Waals surface area contributed by atoms with Gasteiger partial charge in [0.25, 0.3) is 0 Å². The zero-order chi connectivity index (χ0) is 20.1. The molecule has 0 saturated carbocycles. The van der Waals surface area contributed by atoms with E-state index in [1.165, 1.54) is 11.1 Å². The quantitative estimate of drug-likeness (QED) is 0.454. The van der Waals surface area contributed by atoms with E-state index >= 15 is 0 Å². The number of methoxy groups -OCH3 is 1. The normalized spacial score (nSPS) is 10.4. The molecule has 0 saturated heterocycles. The SMILES string of the molecule is COCCNCCOc1c(C(C)C)cccc1C(C)C.O=C(O)C(=O)O. The third kappa shape index (κ3) is 9.39. The Labute approximate surface area is 155 Å². The van der Waals surface area contributed by atoms with E-state index in [0.717, 1.165) is 25.4 Å². The second-order valence-electron chi connectivity index (χ2n) is 6.28. The topological polar surface area (TPSA) is 105 Å². The number of benzene rings is 1. The van der Waals surface area contributed by atoms with Gasteiger partial charge in [0, 0.05) is 20.2 Å². The molecule has 1 rings (SSSR count). The van der Waals surface area contributed by atoms with Gasteiger partial charge < -0.3 is 25.0 Å². The largest absolute Gasteiger partial charge is 0.492 e. The number of hydrogen-bond donors (Lipinski definition) is 3. The molecule has 1 aromatic carbocycles. The van der Waals surface area contributed by atoms with Crippen molar-refractivity contribution in [2.75, 3.05) is 33.4 Å². The summed E-state index contributed by atoms with van der Waals surface area (Å²) < 4.78 is 11.1. The van der Waals surface area contributed by atoms with Crippen LogP contribution >= 0.6 is 0 Å². The maximum Gasteiger partial charge on any atom is 0.414 e. The van der Waals surface area contributed by atoms with Crippen LogP contribution in [0.15, 0.2) is 18.2 Å². The first kappa shape index (κ1) is 23.9. The summed E-state index contributed by atoms with van der Waals surface area (Å²) in [6, 6.07) is 6.48. The van der Waals surface area contributed by atoms with Crippen molar-refractivity contribution in [3.8, 4) is 5.75 Å². The average molecular weight is 369 g/mol. The Morgan fingerprint density at radius 2 is 1.42 bits per heavy atom. The first-order valence-electron chi connectivity index (χ1n) is 8.63. The highest BCUT2D eigenvalue weighted by Crippen LogP contribution is 2.34. The van der Waals surface area contributed by atoms with Gasteiger partial charge in [-0.05, 0) is 23.0 Å². The summed E-state index contributed by atoms with van der Waals surface area (Å²) in [6.07, 6.45) is 0. The molecule has 7 nitrogen and oxygen atoms in total. The van der Waals surface area contributed by atoms with Crippen molar-refractivity contribution in [1.29, 1.82) is 0 Å². The molecular formula is C19H31NO6. The number of para-hydroxylation sites is 1. The number of aliphatic carboxylic acids is 2.